The third kappa shape index (κ3) is 2.30. The first-order valence-electron chi connectivity index (χ1n) is 5.75. The van der Waals surface area contributed by atoms with Gasteiger partial charge >= 0.3 is 0 Å². The van der Waals surface area contributed by atoms with Gasteiger partial charge in [-0.05, 0) is 11.4 Å². The Kier molecular flexibility index (Phi) is 3.02. The van der Waals surface area contributed by atoms with Gasteiger partial charge in [-0.2, -0.15) is 0 Å². The van der Waals surface area contributed by atoms with Gasteiger partial charge < -0.3 is 10.2 Å². The highest BCUT2D eigenvalue weighted by Gasteiger charge is 2.12. The zero-order chi connectivity index (χ0) is 11.5. The van der Waals surface area contributed by atoms with E-state index in [2.05, 4.69) is 31.6 Å². The van der Waals surface area contributed by atoms with Gasteiger partial charge in [0.05, 0.1) is 0 Å². The third-order valence-corrected chi connectivity index (χ3v) is 3.76. The van der Waals surface area contributed by atoms with Crippen LogP contribution in [0.15, 0.2) is 29.9 Å². The van der Waals surface area contributed by atoms with Crippen molar-refractivity contribution in [1.82, 2.24) is 15.3 Å². The lowest BCUT2D eigenvalue weighted by Gasteiger charge is -2.27. The zero-order valence-electron chi connectivity index (χ0n) is 9.47. The van der Waals surface area contributed by atoms with Gasteiger partial charge in [0, 0.05) is 49.0 Å². The molecule has 4 nitrogen and oxygen atoms in total. The van der Waals surface area contributed by atoms with E-state index in [0.717, 1.165) is 37.7 Å². The van der Waals surface area contributed by atoms with Crippen LogP contribution in [0.4, 0.5) is 5.95 Å². The van der Waals surface area contributed by atoms with E-state index in [9.17, 15) is 0 Å². The molecule has 3 heterocycles. The van der Waals surface area contributed by atoms with Crippen molar-refractivity contribution in [2.75, 3.05) is 31.1 Å². The lowest BCUT2D eigenvalue weighted by molar-refractivity contribution is 0.580. The summed E-state index contributed by atoms with van der Waals surface area (Å²) in [4.78, 5) is 12.3. The Morgan fingerprint density at radius 3 is 2.59 bits per heavy atom. The number of piperazine rings is 1. The molecule has 1 saturated heterocycles. The molecule has 1 aliphatic heterocycles. The SMILES string of the molecule is c1csc(-c2cnc(N3CCNCC3)nc2)c1. The predicted molar refractivity (Wildman–Crippen MR) is 70.4 cm³/mol. The molecule has 0 aliphatic carbocycles. The highest BCUT2D eigenvalue weighted by molar-refractivity contribution is 7.13. The molecule has 0 unspecified atom stereocenters. The Morgan fingerprint density at radius 1 is 1.18 bits per heavy atom. The van der Waals surface area contributed by atoms with Gasteiger partial charge in [0.1, 0.15) is 0 Å². The Balaban J connectivity index is 1.80. The van der Waals surface area contributed by atoms with Gasteiger partial charge in [-0.15, -0.1) is 11.3 Å². The van der Waals surface area contributed by atoms with Crippen molar-refractivity contribution in [3.8, 4) is 10.4 Å². The summed E-state index contributed by atoms with van der Waals surface area (Å²) in [6.45, 7) is 3.99. The summed E-state index contributed by atoms with van der Waals surface area (Å²) >= 11 is 1.71. The molecule has 0 spiro atoms. The Labute approximate surface area is 104 Å². The van der Waals surface area contributed by atoms with Gasteiger partial charge in [-0.1, -0.05) is 6.07 Å². The van der Waals surface area contributed by atoms with Crippen molar-refractivity contribution < 1.29 is 0 Å². The average molecular weight is 246 g/mol. The minimum absolute atomic E-state index is 0.840. The molecular weight excluding hydrogens is 232 g/mol. The number of nitrogens with zero attached hydrogens (tertiary/aromatic N) is 3. The van der Waals surface area contributed by atoms with Crippen molar-refractivity contribution in [2.24, 2.45) is 0 Å². The maximum absolute atomic E-state index is 4.45. The molecule has 0 bridgehead atoms. The quantitative estimate of drug-likeness (QED) is 0.874. The van der Waals surface area contributed by atoms with Crippen LogP contribution in [0.3, 0.4) is 0 Å². The molecule has 5 heteroatoms. The smallest absolute Gasteiger partial charge is 0.225 e. The molecule has 0 radical (unpaired) electrons. The number of anilines is 1. The molecule has 2 aromatic heterocycles. The predicted octanol–water partition coefficient (Wildman–Crippen LogP) is 1.61. The highest BCUT2D eigenvalue weighted by Crippen LogP contribution is 2.23. The first-order valence-corrected chi connectivity index (χ1v) is 6.63. The molecule has 0 saturated carbocycles. The molecule has 1 fully saturated rings. The third-order valence-electron chi connectivity index (χ3n) is 2.84. The van der Waals surface area contributed by atoms with Crippen molar-refractivity contribution in [3.63, 3.8) is 0 Å². The monoisotopic (exact) mass is 246 g/mol. The first-order chi connectivity index (χ1) is 8.43. The average Bonchev–Trinajstić information content (AvgIpc) is 2.94. The molecule has 0 amide bonds. The summed E-state index contributed by atoms with van der Waals surface area (Å²) in [5.74, 6) is 0.840. The zero-order valence-corrected chi connectivity index (χ0v) is 10.3. The minimum Gasteiger partial charge on any atom is -0.338 e. The molecule has 1 aliphatic rings. The van der Waals surface area contributed by atoms with Crippen molar-refractivity contribution >= 4 is 17.3 Å². The fourth-order valence-corrected chi connectivity index (χ4v) is 2.62. The molecule has 2 aromatic rings. The maximum Gasteiger partial charge on any atom is 0.225 e. The Hall–Kier alpha value is -1.46. The van der Waals surface area contributed by atoms with E-state index in [0.29, 0.717) is 0 Å². The summed E-state index contributed by atoms with van der Waals surface area (Å²) in [6.07, 6.45) is 3.83. The van der Waals surface area contributed by atoms with E-state index in [1.807, 2.05) is 18.5 Å². The van der Waals surface area contributed by atoms with Gasteiger partial charge in [0.25, 0.3) is 0 Å². The van der Waals surface area contributed by atoms with E-state index >= 15 is 0 Å². The van der Waals surface area contributed by atoms with Gasteiger partial charge in [-0.3, -0.25) is 0 Å². The van der Waals surface area contributed by atoms with Gasteiger partial charge in [-0.25, -0.2) is 9.97 Å². The van der Waals surface area contributed by atoms with Crippen molar-refractivity contribution in [2.45, 2.75) is 0 Å². The first kappa shape index (κ1) is 10.7. The van der Waals surface area contributed by atoms with Crippen LogP contribution < -0.4 is 10.2 Å². The molecule has 3 rings (SSSR count). The van der Waals surface area contributed by atoms with Crippen LogP contribution in [0.1, 0.15) is 0 Å². The lowest BCUT2D eigenvalue weighted by atomic mass is 10.3. The van der Waals surface area contributed by atoms with Gasteiger partial charge in [0.15, 0.2) is 0 Å². The molecule has 1 N–H and O–H groups in total. The van der Waals surface area contributed by atoms with Crippen LogP contribution in [0.2, 0.25) is 0 Å². The molecule has 0 aromatic carbocycles. The Bertz CT molecular complexity index is 460. The standard InChI is InChI=1S/C12H14N4S/c1-2-11(17-7-1)10-8-14-12(15-9-10)16-5-3-13-4-6-16/h1-2,7-9,13H,3-6H2. The van der Waals surface area contributed by atoms with Crippen LogP contribution in [-0.2, 0) is 0 Å². The Morgan fingerprint density at radius 2 is 1.94 bits per heavy atom. The largest absolute Gasteiger partial charge is 0.338 e. The van der Waals surface area contributed by atoms with E-state index in [4.69, 9.17) is 0 Å². The minimum atomic E-state index is 0.840. The van der Waals surface area contributed by atoms with E-state index < -0.39 is 0 Å². The van der Waals surface area contributed by atoms with Crippen LogP contribution in [0, 0.1) is 0 Å². The van der Waals surface area contributed by atoms with Crippen molar-refractivity contribution in [3.05, 3.63) is 29.9 Å². The molecular formula is C12H14N4S. The van der Waals surface area contributed by atoms with Gasteiger partial charge in [0.2, 0.25) is 5.95 Å². The second-order valence-corrected chi connectivity index (χ2v) is 4.93. The van der Waals surface area contributed by atoms with E-state index in [1.54, 1.807) is 11.3 Å². The normalized spacial score (nSPS) is 16.1. The lowest BCUT2D eigenvalue weighted by Crippen LogP contribution is -2.44. The number of aromatic nitrogens is 2. The van der Waals surface area contributed by atoms with Crippen LogP contribution in [-0.4, -0.2) is 36.1 Å². The molecule has 88 valence electrons. The summed E-state index contributed by atoms with van der Waals surface area (Å²) in [6, 6.07) is 4.14. The van der Waals surface area contributed by atoms with Crippen LogP contribution in [0.25, 0.3) is 10.4 Å². The van der Waals surface area contributed by atoms with E-state index in [-0.39, 0.29) is 0 Å². The topological polar surface area (TPSA) is 41.1 Å². The number of thiophene rings is 1. The number of rotatable bonds is 2. The highest BCUT2D eigenvalue weighted by atomic mass is 32.1. The van der Waals surface area contributed by atoms with Crippen molar-refractivity contribution in [1.29, 1.82) is 0 Å². The molecule has 17 heavy (non-hydrogen) atoms. The maximum atomic E-state index is 4.45. The van der Waals surface area contributed by atoms with E-state index in [1.165, 1.54) is 4.88 Å². The fourth-order valence-electron chi connectivity index (χ4n) is 1.92. The second kappa shape index (κ2) is 4.81. The second-order valence-electron chi connectivity index (χ2n) is 3.99. The number of hydrogen-bond acceptors (Lipinski definition) is 5. The summed E-state index contributed by atoms with van der Waals surface area (Å²) < 4.78 is 0. The number of nitrogens with one attached hydrogen (secondary N) is 1. The van der Waals surface area contributed by atoms with Crippen LogP contribution in [0.5, 0.6) is 0 Å². The van der Waals surface area contributed by atoms with Crippen LogP contribution >= 0.6 is 11.3 Å². The number of hydrogen-bond donors (Lipinski definition) is 1. The summed E-state index contributed by atoms with van der Waals surface area (Å²) in [5, 5.41) is 5.39. The fraction of sp³-hybridized carbons (Fsp3) is 0.333. The summed E-state index contributed by atoms with van der Waals surface area (Å²) in [5.41, 5.74) is 1.10. The summed E-state index contributed by atoms with van der Waals surface area (Å²) in [7, 11) is 0. The molecule has 0 atom stereocenters.